The molecule has 0 saturated carbocycles. The van der Waals surface area contributed by atoms with E-state index in [1.165, 1.54) is 5.56 Å². The average Bonchev–Trinajstić information content (AvgIpc) is 3.14. The maximum atomic E-state index is 12.5. The molecule has 1 fully saturated rings. The highest BCUT2D eigenvalue weighted by molar-refractivity contribution is 6.00. The zero-order chi connectivity index (χ0) is 19.3. The first-order valence-electron chi connectivity index (χ1n) is 9.87. The Bertz CT molecular complexity index is 957. The van der Waals surface area contributed by atoms with Gasteiger partial charge in [0.25, 0.3) is 0 Å². The summed E-state index contributed by atoms with van der Waals surface area (Å²) in [6.07, 6.45) is 2.03. The standard InChI is InChI=1S/C23H26N4O/c1-17-15-22(20-9-5-6-10-21(20)24-17)26-23(28)25-19-12-14-27(16-19)13-11-18-7-3-2-4-8-18/h2-10,15,19H,11-14,16H2,1H3,(H2,24,25,26,28). The summed E-state index contributed by atoms with van der Waals surface area (Å²) in [5.41, 5.74) is 3.95. The normalized spacial score (nSPS) is 17.0. The molecule has 28 heavy (non-hydrogen) atoms. The van der Waals surface area contributed by atoms with Crippen LogP contribution in [0.25, 0.3) is 10.9 Å². The van der Waals surface area contributed by atoms with E-state index in [1.54, 1.807) is 0 Å². The zero-order valence-corrected chi connectivity index (χ0v) is 16.2. The summed E-state index contributed by atoms with van der Waals surface area (Å²) in [6.45, 7) is 4.89. The van der Waals surface area contributed by atoms with Crippen molar-refractivity contribution in [2.75, 3.05) is 25.0 Å². The van der Waals surface area contributed by atoms with Crippen LogP contribution in [0, 0.1) is 6.92 Å². The molecule has 1 aromatic heterocycles. The number of pyridine rings is 1. The average molecular weight is 374 g/mol. The summed E-state index contributed by atoms with van der Waals surface area (Å²) in [4.78, 5) is 19.5. The number of nitrogens with zero attached hydrogens (tertiary/aromatic N) is 2. The second kappa shape index (κ2) is 8.40. The summed E-state index contributed by atoms with van der Waals surface area (Å²) in [6, 6.07) is 20.4. The molecule has 3 aromatic rings. The number of hydrogen-bond donors (Lipinski definition) is 2. The molecule has 1 aliphatic heterocycles. The summed E-state index contributed by atoms with van der Waals surface area (Å²) in [5.74, 6) is 0. The van der Waals surface area contributed by atoms with Gasteiger partial charge in [0, 0.05) is 36.8 Å². The van der Waals surface area contributed by atoms with Crippen LogP contribution in [-0.4, -0.2) is 41.6 Å². The van der Waals surface area contributed by atoms with Gasteiger partial charge in [-0.25, -0.2) is 4.79 Å². The summed E-state index contributed by atoms with van der Waals surface area (Å²) < 4.78 is 0. The lowest BCUT2D eigenvalue weighted by Crippen LogP contribution is -2.40. The van der Waals surface area contributed by atoms with Gasteiger partial charge >= 0.3 is 6.03 Å². The number of aromatic nitrogens is 1. The minimum Gasteiger partial charge on any atom is -0.334 e. The number of urea groups is 1. The first-order valence-corrected chi connectivity index (χ1v) is 9.87. The van der Waals surface area contributed by atoms with E-state index in [-0.39, 0.29) is 12.1 Å². The van der Waals surface area contributed by atoms with E-state index in [9.17, 15) is 4.79 Å². The number of aryl methyl sites for hydroxylation is 1. The molecule has 0 bridgehead atoms. The van der Waals surface area contributed by atoms with E-state index < -0.39 is 0 Å². The number of nitrogens with one attached hydrogen (secondary N) is 2. The summed E-state index contributed by atoms with van der Waals surface area (Å²) in [7, 11) is 0. The van der Waals surface area contributed by atoms with Gasteiger partial charge in [0.15, 0.2) is 0 Å². The number of carbonyl (C=O) groups excluding carboxylic acids is 1. The topological polar surface area (TPSA) is 57.3 Å². The molecule has 1 unspecified atom stereocenters. The summed E-state index contributed by atoms with van der Waals surface area (Å²) in [5, 5.41) is 7.10. The number of anilines is 1. The molecule has 1 saturated heterocycles. The molecule has 1 aliphatic rings. The molecule has 0 radical (unpaired) electrons. The maximum Gasteiger partial charge on any atom is 0.319 e. The molecule has 0 spiro atoms. The van der Waals surface area contributed by atoms with Gasteiger partial charge in [0.2, 0.25) is 0 Å². The second-order valence-corrected chi connectivity index (χ2v) is 7.45. The van der Waals surface area contributed by atoms with Crippen LogP contribution in [0.3, 0.4) is 0 Å². The monoisotopic (exact) mass is 374 g/mol. The second-order valence-electron chi connectivity index (χ2n) is 7.45. The van der Waals surface area contributed by atoms with Crippen LogP contribution in [0.15, 0.2) is 60.7 Å². The number of hydrogen-bond acceptors (Lipinski definition) is 3. The van der Waals surface area contributed by atoms with E-state index in [4.69, 9.17) is 0 Å². The predicted molar refractivity (Wildman–Crippen MR) is 114 cm³/mol. The smallest absolute Gasteiger partial charge is 0.319 e. The molecule has 1 atom stereocenters. The van der Waals surface area contributed by atoms with E-state index in [2.05, 4.69) is 44.8 Å². The van der Waals surface area contributed by atoms with Crippen LogP contribution in [0.2, 0.25) is 0 Å². The van der Waals surface area contributed by atoms with Gasteiger partial charge in [0.1, 0.15) is 0 Å². The SMILES string of the molecule is Cc1cc(NC(=O)NC2CCN(CCc3ccccc3)C2)c2ccccc2n1. The van der Waals surface area contributed by atoms with Crippen LogP contribution >= 0.6 is 0 Å². The molecule has 2 N–H and O–H groups in total. The van der Waals surface area contributed by atoms with E-state index in [0.29, 0.717) is 0 Å². The molecule has 144 valence electrons. The lowest BCUT2D eigenvalue weighted by atomic mass is 10.1. The van der Waals surface area contributed by atoms with E-state index in [1.807, 2.05) is 43.3 Å². The molecule has 0 aliphatic carbocycles. The molecule has 2 heterocycles. The minimum atomic E-state index is -0.148. The molecule has 2 amide bonds. The van der Waals surface area contributed by atoms with Gasteiger partial charge in [-0.1, -0.05) is 48.5 Å². The Morgan fingerprint density at radius 1 is 1.14 bits per heavy atom. The van der Waals surface area contributed by atoms with Gasteiger partial charge in [-0.2, -0.15) is 0 Å². The van der Waals surface area contributed by atoms with Crippen molar-refractivity contribution in [2.45, 2.75) is 25.8 Å². The molecular weight excluding hydrogens is 348 g/mol. The highest BCUT2D eigenvalue weighted by atomic mass is 16.2. The third-order valence-electron chi connectivity index (χ3n) is 5.26. The first-order chi connectivity index (χ1) is 13.7. The maximum absolute atomic E-state index is 12.5. The van der Waals surface area contributed by atoms with E-state index in [0.717, 1.165) is 54.8 Å². The quantitative estimate of drug-likeness (QED) is 0.710. The number of fused-ring (bicyclic) bond motifs is 1. The predicted octanol–water partition coefficient (Wildman–Crippen LogP) is 3.98. The number of para-hydroxylation sites is 1. The fourth-order valence-electron chi connectivity index (χ4n) is 3.84. The first kappa shape index (κ1) is 18.4. The van der Waals surface area contributed by atoms with Crippen molar-refractivity contribution in [1.82, 2.24) is 15.2 Å². The third kappa shape index (κ3) is 4.49. The Morgan fingerprint density at radius 2 is 1.93 bits per heavy atom. The number of rotatable bonds is 5. The minimum absolute atomic E-state index is 0.148. The number of carbonyl (C=O) groups is 1. The van der Waals surface area contributed by atoms with Crippen LogP contribution < -0.4 is 10.6 Å². The van der Waals surface area contributed by atoms with Crippen molar-refractivity contribution in [3.63, 3.8) is 0 Å². The Morgan fingerprint density at radius 3 is 2.79 bits per heavy atom. The van der Waals surface area contributed by atoms with Crippen LogP contribution in [0.1, 0.15) is 17.7 Å². The van der Waals surface area contributed by atoms with Gasteiger partial charge in [-0.05, 0) is 37.5 Å². The Hall–Kier alpha value is -2.92. The van der Waals surface area contributed by atoms with Crippen molar-refractivity contribution < 1.29 is 4.79 Å². The largest absolute Gasteiger partial charge is 0.334 e. The van der Waals surface area contributed by atoms with Crippen molar-refractivity contribution in [2.24, 2.45) is 0 Å². The lowest BCUT2D eigenvalue weighted by Gasteiger charge is -2.17. The Labute approximate surface area is 165 Å². The van der Waals surface area contributed by atoms with E-state index >= 15 is 0 Å². The van der Waals surface area contributed by atoms with Gasteiger partial charge < -0.3 is 15.5 Å². The fourth-order valence-corrected chi connectivity index (χ4v) is 3.84. The van der Waals surface area contributed by atoms with Crippen molar-refractivity contribution >= 4 is 22.6 Å². The lowest BCUT2D eigenvalue weighted by molar-refractivity contribution is 0.247. The molecule has 5 nitrogen and oxygen atoms in total. The fraction of sp³-hybridized carbons (Fsp3) is 0.304. The molecular formula is C23H26N4O. The van der Waals surface area contributed by atoms with Crippen LogP contribution in [0.4, 0.5) is 10.5 Å². The molecule has 4 rings (SSSR count). The van der Waals surface area contributed by atoms with Gasteiger partial charge in [0.05, 0.1) is 11.2 Å². The molecule has 2 aromatic carbocycles. The van der Waals surface area contributed by atoms with Crippen molar-refractivity contribution in [1.29, 1.82) is 0 Å². The van der Waals surface area contributed by atoms with Crippen molar-refractivity contribution in [3.8, 4) is 0 Å². The highest BCUT2D eigenvalue weighted by Gasteiger charge is 2.23. The van der Waals surface area contributed by atoms with Crippen LogP contribution in [0.5, 0.6) is 0 Å². The summed E-state index contributed by atoms with van der Waals surface area (Å²) >= 11 is 0. The highest BCUT2D eigenvalue weighted by Crippen LogP contribution is 2.23. The van der Waals surface area contributed by atoms with Crippen molar-refractivity contribution in [3.05, 3.63) is 71.9 Å². The zero-order valence-electron chi connectivity index (χ0n) is 16.2. The van der Waals surface area contributed by atoms with Gasteiger partial charge in [-0.3, -0.25) is 4.98 Å². The number of amides is 2. The van der Waals surface area contributed by atoms with Crippen LogP contribution in [-0.2, 0) is 6.42 Å². The molecule has 5 heteroatoms. The number of benzene rings is 2. The Balaban J connectivity index is 1.31. The number of likely N-dealkylation sites (tertiary alicyclic amines) is 1. The Kier molecular flexibility index (Phi) is 5.53. The third-order valence-corrected chi connectivity index (χ3v) is 5.26. The van der Waals surface area contributed by atoms with Gasteiger partial charge in [-0.15, -0.1) is 0 Å².